The molecule has 4 nitrogen and oxygen atoms in total. The van der Waals surface area contributed by atoms with E-state index in [-0.39, 0.29) is 5.41 Å². The summed E-state index contributed by atoms with van der Waals surface area (Å²) < 4.78 is 0. The van der Waals surface area contributed by atoms with Gasteiger partial charge in [0.1, 0.15) is 0 Å². The Kier molecular flexibility index (Phi) is 5.44. The second-order valence-electron chi connectivity index (χ2n) is 6.87. The van der Waals surface area contributed by atoms with Crippen molar-refractivity contribution in [1.29, 1.82) is 0 Å². The van der Waals surface area contributed by atoms with Crippen LogP contribution in [0.4, 0.5) is 0 Å². The van der Waals surface area contributed by atoms with Crippen molar-refractivity contribution in [2.45, 2.75) is 40.0 Å². The highest BCUT2D eigenvalue weighted by Crippen LogP contribution is 2.35. The summed E-state index contributed by atoms with van der Waals surface area (Å²) in [5.41, 5.74) is -0.0779. The summed E-state index contributed by atoms with van der Waals surface area (Å²) in [5.74, 6) is 1.13. The number of hydrogen-bond acceptors (Lipinski definition) is 3. The van der Waals surface area contributed by atoms with E-state index in [0.717, 1.165) is 65.1 Å². The van der Waals surface area contributed by atoms with E-state index >= 15 is 0 Å². The van der Waals surface area contributed by atoms with Crippen molar-refractivity contribution in [2.75, 3.05) is 45.8 Å². The standard InChI is InChI=1S/C16H31N3O/c1-4-16(5-7-17-8-6-16)15(20)19-11-9-18(10-12-19)13-14(2)3/h14,17H,4-13H2,1-3H3. The molecule has 2 aliphatic rings. The maximum atomic E-state index is 12.9. The fourth-order valence-electron chi connectivity index (χ4n) is 3.61. The van der Waals surface area contributed by atoms with Crippen molar-refractivity contribution in [3.8, 4) is 0 Å². The number of piperazine rings is 1. The van der Waals surface area contributed by atoms with Crippen LogP contribution in [0.2, 0.25) is 0 Å². The van der Waals surface area contributed by atoms with Gasteiger partial charge in [-0.05, 0) is 38.3 Å². The van der Waals surface area contributed by atoms with E-state index in [1.165, 1.54) is 0 Å². The van der Waals surface area contributed by atoms with E-state index in [0.29, 0.717) is 11.8 Å². The molecule has 0 aromatic heterocycles. The summed E-state index contributed by atoms with van der Waals surface area (Å²) in [6.45, 7) is 13.8. The number of nitrogens with one attached hydrogen (secondary N) is 1. The summed E-state index contributed by atoms with van der Waals surface area (Å²) in [6, 6.07) is 0. The molecule has 0 aromatic rings. The van der Waals surface area contributed by atoms with Gasteiger partial charge in [-0.15, -0.1) is 0 Å². The molecule has 0 aromatic carbocycles. The van der Waals surface area contributed by atoms with Gasteiger partial charge in [0, 0.05) is 32.7 Å². The highest BCUT2D eigenvalue weighted by molar-refractivity contribution is 5.83. The van der Waals surface area contributed by atoms with Crippen LogP contribution < -0.4 is 5.32 Å². The van der Waals surface area contributed by atoms with E-state index in [4.69, 9.17) is 0 Å². The van der Waals surface area contributed by atoms with Gasteiger partial charge < -0.3 is 10.2 Å². The topological polar surface area (TPSA) is 35.6 Å². The molecule has 2 rings (SSSR count). The van der Waals surface area contributed by atoms with E-state index < -0.39 is 0 Å². The van der Waals surface area contributed by atoms with Crippen LogP contribution in [0.3, 0.4) is 0 Å². The molecule has 116 valence electrons. The van der Waals surface area contributed by atoms with Crippen LogP contribution in [0.5, 0.6) is 0 Å². The molecule has 2 fully saturated rings. The smallest absolute Gasteiger partial charge is 0.228 e. The van der Waals surface area contributed by atoms with Crippen molar-refractivity contribution >= 4 is 5.91 Å². The minimum Gasteiger partial charge on any atom is -0.340 e. The molecule has 0 spiro atoms. The molecular formula is C16H31N3O. The molecule has 0 aliphatic carbocycles. The average Bonchev–Trinajstić information content (AvgIpc) is 2.47. The van der Waals surface area contributed by atoms with Crippen LogP contribution in [-0.4, -0.2) is 61.5 Å². The number of hydrogen-bond donors (Lipinski definition) is 1. The van der Waals surface area contributed by atoms with E-state index in [9.17, 15) is 4.79 Å². The number of piperidine rings is 1. The van der Waals surface area contributed by atoms with Gasteiger partial charge in [0.15, 0.2) is 0 Å². The molecule has 0 atom stereocenters. The second kappa shape index (κ2) is 6.90. The Hall–Kier alpha value is -0.610. The Bertz CT molecular complexity index is 316. The zero-order valence-corrected chi connectivity index (χ0v) is 13.5. The second-order valence-corrected chi connectivity index (χ2v) is 6.87. The van der Waals surface area contributed by atoms with Crippen LogP contribution in [0, 0.1) is 11.3 Å². The van der Waals surface area contributed by atoms with Crippen molar-refractivity contribution in [3.63, 3.8) is 0 Å². The maximum Gasteiger partial charge on any atom is 0.228 e. The highest BCUT2D eigenvalue weighted by Gasteiger charge is 2.41. The first-order chi connectivity index (χ1) is 9.57. The molecule has 0 saturated carbocycles. The number of carbonyl (C=O) groups is 1. The largest absolute Gasteiger partial charge is 0.340 e. The molecule has 2 saturated heterocycles. The Balaban J connectivity index is 1.90. The molecule has 0 unspecified atom stereocenters. The normalized spacial score (nSPS) is 24.1. The van der Waals surface area contributed by atoms with Crippen LogP contribution in [-0.2, 0) is 4.79 Å². The molecular weight excluding hydrogens is 250 g/mol. The van der Waals surface area contributed by atoms with Crippen LogP contribution in [0.25, 0.3) is 0 Å². The summed E-state index contributed by atoms with van der Waals surface area (Å²) >= 11 is 0. The number of carbonyl (C=O) groups excluding carboxylic acids is 1. The van der Waals surface area contributed by atoms with Crippen LogP contribution >= 0.6 is 0 Å². The third-order valence-electron chi connectivity index (χ3n) is 4.97. The van der Waals surface area contributed by atoms with Gasteiger partial charge in [0.05, 0.1) is 5.41 Å². The monoisotopic (exact) mass is 281 g/mol. The molecule has 20 heavy (non-hydrogen) atoms. The van der Waals surface area contributed by atoms with Gasteiger partial charge in [0.2, 0.25) is 5.91 Å². The van der Waals surface area contributed by atoms with Gasteiger partial charge in [0.25, 0.3) is 0 Å². The summed E-state index contributed by atoms with van der Waals surface area (Å²) in [7, 11) is 0. The minimum atomic E-state index is -0.0779. The number of amides is 1. The SMILES string of the molecule is CCC1(C(=O)N2CCN(CC(C)C)CC2)CCNCC1. The number of rotatable bonds is 4. The lowest BCUT2D eigenvalue weighted by molar-refractivity contribution is -0.146. The summed E-state index contributed by atoms with van der Waals surface area (Å²) in [4.78, 5) is 17.5. The molecule has 2 aliphatic heterocycles. The van der Waals surface area contributed by atoms with E-state index in [1.54, 1.807) is 0 Å². The Morgan fingerprint density at radius 3 is 2.25 bits per heavy atom. The van der Waals surface area contributed by atoms with Gasteiger partial charge in [-0.1, -0.05) is 20.8 Å². The first-order valence-electron chi connectivity index (χ1n) is 8.30. The van der Waals surface area contributed by atoms with E-state index in [2.05, 4.69) is 35.9 Å². The molecule has 4 heteroatoms. The Morgan fingerprint density at radius 2 is 1.75 bits per heavy atom. The lowest BCUT2D eigenvalue weighted by Crippen LogP contribution is -2.55. The van der Waals surface area contributed by atoms with Crippen LogP contribution in [0.1, 0.15) is 40.0 Å². The quantitative estimate of drug-likeness (QED) is 0.849. The lowest BCUT2D eigenvalue weighted by Gasteiger charge is -2.43. The van der Waals surface area contributed by atoms with Crippen molar-refractivity contribution in [1.82, 2.24) is 15.1 Å². The lowest BCUT2D eigenvalue weighted by atomic mass is 9.75. The third-order valence-corrected chi connectivity index (χ3v) is 4.97. The first kappa shape index (κ1) is 15.8. The zero-order chi connectivity index (χ0) is 14.6. The average molecular weight is 281 g/mol. The molecule has 0 radical (unpaired) electrons. The van der Waals surface area contributed by atoms with Gasteiger partial charge in [-0.3, -0.25) is 9.69 Å². The van der Waals surface area contributed by atoms with Gasteiger partial charge >= 0.3 is 0 Å². The predicted molar refractivity (Wildman–Crippen MR) is 82.7 cm³/mol. The van der Waals surface area contributed by atoms with Crippen LogP contribution in [0.15, 0.2) is 0 Å². The fraction of sp³-hybridized carbons (Fsp3) is 0.938. The molecule has 1 N–H and O–H groups in total. The summed E-state index contributed by atoms with van der Waals surface area (Å²) in [5, 5.41) is 3.38. The van der Waals surface area contributed by atoms with Crippen molar-refractivity contribution < 1.29 is 4.79 Å². The van der Waals surface area contributed by atoms with Gasteiger partial charge in [-0.25, -0.2) is 0 Å². The van der Waals surface area contributed by atoms with Gasteiger partial charge in [-0.2, -0.15) is 0 Å². The zero-order valence-electron chi connectivity index (χ0n) is 13.5. The first-order valence-corrected chi connectivity index (χ1v) is 8.30. The number of nitrogens with zero attached hydrogens (tertiary/aromatic N) is 2. The molecule has 0 bridgehead atoms. The van der Waals surface area contributed by atoms with Crippen molar-refractivity contribution in [2.24, 2.45) is 11.3 Å². The van der Waals surface area contributed by atoms with E-state index in [1.807, 2.05) is 0 Å². The molecule has 2 heterocycles. The minimum absolute atomic E-state index is 0.0779. The molecule has 1 amide bonds. The van der Waals surface area contributed by atoms with Crippen molar-refractivity contribution in [3.05, 3.63) is 0 Å². The summed E-state index contributed by atoms with van der Waals surface area (Å²) in [6.07, 6.45) is 3.00. The Morgan fingerprint density at radius 1 is 1.15 bits per heavy atom. The Labute approximate surface area is 123 Å². The third kappa shape index (κ3) is 3.53. The predicted octanol–water partition coefficient (Wildman–Crippen LogP) is 1.57. The fourth-order valence-corrected chi connectivity index (χ4v) is 3.61. The maximum absolute atomic E-state index is 12.9. The highest BCUT2D eigenvalue weighted by atomic mass is 16.2.